The zero-order chi connectivity index (χ0) is 30.3. The van der Waals surface area contributed by atoms with Crippen molar-refractivity contribution in [1.29, 1.82) is 0 Å². The normalized spacial score (nSPS) is 19.4. The summed E-state index contributed by atoms with van der Waals surface area (Å²) in [6.07, 6.45) is 5.73. The maximum atomic E-state index is 13.9. The number of ether oxygens (including phenoxy) is 3. The number of benzene rings is 2. The van der Waals surface area contributed by atoms with Gasteiger partial charge in [0.2, 0.25) is 0 Å². The van der Waals surface area contributed by atoms with Crippen molar-refractivity contribution in [2.24, 2.45) is 0 Å². The number of allylic oxidation sites excluding steroid dienone is 1. The number of piperazine rings is 1. The largest absolute Gasteiger partial charge is 0.467 e. The number of anilines is 2. The average molecular weight is 605 g/mol. The Hall–Kier alpha value is -3.96. The summed E-state index contributed by atoms with van der Waals surface area (Å²) in [5.74, 6) is 1.68. The summed E-state index contributed by atoms with van der Waals surface area (Å²) in [6.45, 7) is 7.15. The quantitative estimate of drug-likeness (QED) is 0.183. The van der Waals surface area contributed by atoms with E-state index in [4.69, 9.17) is 24.2 Å². The van der Waals surface area contributed by atoms with Gasteiger partial charge in [0.15, 0.2) is 6.79 Å². The van der Waals surface area contributed by atoms with E-state index in [-0.39, 0.29) is 6.79 Å². The summed E-state index contributed by atoms with van der Waals surface area (Å²) < 4.78 is 31.1. The van der Waals surface area contributed by atoms with Crippen molar-refractivity contribution in [1.82, 2.24) is 19.8 Å². The molecule has 0 aliphatic carbocycles. The molecule has 2 aromatic carbocycles. The highest BCUT2D eigenvalue weighted by molar-refractivity contribution is 5.95. The van der Waals surface area contributed by atoms with Gasteiger partial charge in [0.1, 0.15) is 30.6 Å². The number of nitrogens with zero attached hydrogens (tertiary/aromatic N) is 6. The van der Waals surface area contributed by atoms with Gasteiger partial charge < -0.3 is 28.9 Å². The van der Waals surface area contributed by atoms with Crippen LogP contribution in [-0.4, -0.2) is 105 Å². The first-order chi connectivity index (χ1) is 21.6. The minimum atomic E-state index is -0.768. The van der Waals surface area contributed by atoms with Gasteiger partial charge in [0.25, 0.3) is 0 Å². The van der Waals surface area contributed by atoms with Crippen LogP contribution in [0.4, 0.5) is 15.9 Å². The second-order valence-corrected chi connectivity index (χ2v) is 11.5. The van der Waals surface area contributed by atoms with Crippen molar-refractivity contribution in [3.05, 3.63) is 59.9 Å². The summed E-state index contributed by atoms with van der Waals surface area (Å²) in [5.41, 5.74) is 3.19. The lowest BCUT2D eigenvalue weighted by Crippen LogP contribution is -2.45. The van der Waals surface area contributed by atoms with Gasteiger partial charge in [-0.05, 0) is 43.3 Å². The fraction of sp³-hybridized carbons (Fsp3) is 0.485. The Morgan fingerprint density at radius 3 is 2.70 bits per heavy atom. The number of rotatable bonds is 11. The van der Waals surface area contributed by atoms with Crippen molar-refractivity contribution in [2.45, 2.75) is 32.0 Å². The van der Waals surface area contributed by atoms with Crippen molar-refractivity contribution in [2.75, 3.05) is 82.7 Å². The van der Waals surface area contributed by atoms with Crippen LogP contribution in [0.1, 0.15) is 24.1 Å². The van der Waals surface area contributed by atoms with Crippen LogP contribution in [0.25, 0.3) is 10.8 Å². The maximum Gasteiger partial charge on any atom is 0.318 e. The number of carbonyl (C=O) groups excluding carboxylic acids is 1. The first kappa shape index (κ1) is 30.1. The molecule has 2 fully saturated rings. The maximum absolute atomic E-state index is 13.9. The van der Waals surface area contributed by atoms with E-state index in [2.05, 4.69) is 43.9 Å². The van der Waals surface area contributed by atoms with Crippen LogP contribution < -0.4 is 19.3 Å². The van der Waals surface area contributed by atoms with Crippen molar-refractivity contribution in [3.8, 4) is 11.8 Å². The number of alkyl halides is 1. The Labute approximate surface area is 258 Å². The second kappa shape index (κ2) is 14.2. The Balaban J connectivity index is 1.27. The molecule has 0 bridgehead atoms. The highest BCUT2D eigenvalue weighted by Gasteiger charge is 2.28. The summed E-state index contributed by atoms with van der Waals surface area (Å²) in [5, 5.41) is 2.25. The van der Waals surface area contributed by atoms with E-state index < -0.39 is 6.17 Å². The number of hydrogen-bond acceptors (Lipinski definition) is 10. The van der Waals surface area contributed by atoms with Gasteiger partial charge >= 0.3 is 6.01 Å². The number of halogens is 1. The Morgan fingerprint density at radius 2 is 1.89 bits per heavy atom. The topological polar surface area (TPSA) is 83.5 Å². The van der Waals surface area contributed by atoms with Gasteiger partial charge in [0, 0.05) is 81.8 Å². The van der Waals surface area contributed by atoms with E-state index in [0.717, 1.165) is 97.7 Å². The van der Waals surface area contributed by atoms with Crippen LogP contribution >= 0.6 is 0 Å². The van der Waals surface area contributed by atoms with E-state index in [1.54, 1.807) is 7.11 Å². The van der Waals surface area contributed by atoms with Crippen molar-refractivity contribution in [3.63, 3.8) is 0 Å². The number of aromatic nitrogens is 2. The van der Waals surface area contributed by atoms with E-state index in [0.29, 0.717) is 38.7 Å². The second-order valence-electron chi connectivity index (χ2n) is 11.5. The minimum Gasteiger partial charge on any atom is -0.467 e. The zero-order valence-corrected chi connectivity index (χ0v) is 25.4. The Morgan fingerprint density at radius 1 is 1.02 bits per heavy atom. The molecule has 234 valence electrons. The summed E-state index contributed by atoms with van der Waals surface area (Å²) in [6, 6.07) is 12.8. The predicted molar refractivity (Wildman–Crippen MR) is 168 cm³/mol. The Kier molecular flexibility index (Phi) is 9.72. The first-order valence-corrected chi connectivity index (χ1v) is 15.5. The molecule has 0 spiro atoms. The molecule has 1 aromatic heterocycles. The van der Waals surface area contributed by atoms with Crippen molar-refractivity contribution < 1.29 is 23.4 Å². The standard InChI is InChI=1S/C33H41FN6O4/c1-42-24-44-27-20-25-6-2-3-8-28(25)31(21-27)40-12-9-29-30(23-40)35-33(43-19-17-38-10-4-7-26(34)22-38)36-32(29)39-15-13-37(14-16-39)11-5-18-41/h2-3,5-6,8,11,18,20-21,26H,4,7,9-10,12-17,19,22-24H2,1H3/t26-/m0/s1. The molecule has 2 saturated heterocycles. The molecule has 44 heavy (non-hydrogen) atoms. The number of piperidine rings is 1. The highest BCUT2D eigenvalue weighted by atomic mass is 19.1. The summed E-state index contributed by atoms with van der Waals surface area (Å²) >= 11 is 0. The van der Waals surface area contributed by atoms with Crippen LogP contribution in [-0.2, 0) is 22.5 Å². The molecule has 0 N–H and O–H groups in total. The third-order valence-electron chi connectivity index (χ3n) is 8.60. The van der Waals surface area contributed by atoms with Crippen LogP contribution in [0.5, 0.6) is 11.8 Å². The summed E-state index contributed by atoms with van der Waals surface area (Å²) in [7, 11) is 1.62. The third-order valence-corrected chi connectivity index (χ3v) is 8.60. The molecule has 0 amide bonds. The lowest BCUT2D eigenvalue weighted by molar-refractivity contribution is -0.104. The lowest BCUT2D eigenvalue weighted by atomic mass is 10.0. The SMILES string of the molecule is COCOc1cc(N2CCc3c(nc(OCCN4CCC[C@H](F)C4)nc3N3CCN(C=CC=O)CC3)C2)c2ccccc2c1. The third kappa shape index (κ3) is 7.05. The van der Waals surface area contributed by atoms with E-state index >= 15 is 0 Å². The molecule has 3 aliphatic rings. The molecule has 11 heteroatoms. The molecular weight excluding hydrogens is 563 g/mol. The first-order valence-electron chi connectivity index (χ1n) is 15.5. The number of aldehydes is 1. The molecule has 4 heterocycles. The van der Waals surface area contributed by atoms with Gasteiger partial charge in [0.05, 0.1) is 12.2 Å². The number of carbonyl (C=O) groups is 1. The lowest BCUT2D eigenvalue weighted by Gasteiger charge is -2.38. The molecule has 6 rings (SSSR count). The molecule has 10 nitrogen and oxygen atoms in total. The van der Waals surface area contributed by atoms with Crippen LogP contribution in [0.15, 0.2) is 48.7 Å². The monoisotopic (exact) mass is 604 g/mol. The van der Waals surface area contributed by atoms with Gasteiger partial charge in [-0.1, -0.05) is 24.3 Å². The van der Waals surface area contributed by atoms with Crippen molar-refractivity contribution >= 4 is 28.6 Å². The van der Waals surface area contributed by atoms with E-state index in [1.807, 2.05) is 18.3 Å². The van der Waals surface area contributed by atoms with Crippen LogP contribution in [0.2, 0.25) is 0 Å². The number of methoxy groups -OCH3 is 1. The molecule has 3 aromatic rings. The molecule has 0 saturated carbocycles. The predicted octanol–water partition coefficient (Wildman–Crippen LogP) is 3.82. The molecule has 3 aliphatic heterocycles. The molecular formula is C33H41FN6O4. The number of hydrogen-bond donors (Lipinski definition) is 0. The van der Waals surface area contributed by atoms with E-state index in [1.165, 1.54) is 6.08 Å². The van der Waals surface area contributed by atoms with Gasteiger partial charge in [-0.2, -0.15) is 9.97 Å². The smallest absolute Gasteiger partial charge is 0.318 e. The number of fused-ring (bicyclic) bond motifs is 2. The fourth-order valence-corrected chi connectivity index (χ4v) is 6.36. The van der Waals surface area contributed by atoms with Gasteiger partial charge in [-0.3, -0.25) is 9.69 Å². The molecule has 1 atom stereocenters. The number of likely N-dealkylation sites (tertiary alicyclic amines) is 1. The minimum absolute atomic E-state index is 0.180. The fourth-order valence-electron chi connectivity index (χ4n) is 6.36. The Bertz CT molecular complexity index is 1460. The molecule has 0 radical (unpaired) electrons. The van der Waals surface area contributed by atoms with E-state index in [9.17, 15) is 9.18 Å². The highest BCUT2D eigenvalue weighted by Crippen LogP contribution is 2.37. The summed E-state index contributed by atoms with van der Waals surface area (Å²) in [4.78, 5) is 29.6. The van der Waals surface area contributed by atoms with Crippen LogP contribution in [0.3, 0.4) is 0 Å². The van der Waals surface area contributed by atoms with Crippen LogP contribution in [0, 0.1) is 0 Å². The van der Waals surface area contributed by atoms with Gasteiger partial charge in [-0.15, -0.1) is 0 Å². The molecule has 0 unspecified atom stereocenters. The average Bonchev–Trinajstić information content (AvgIpc) is 3.05. The zero-order valence-electron chi connectivity index (χ0n) is 25.4. The van der Waals surface area contributed by atoms with Gasteiger partial charge in [-0.25, -0.2) is 4.39 Å².